The summed E-state index contributed by atoms with van der Waals surface area (Å²) in [4.78, 5) is 17.1. The lowest BCUT2D eigenvalue weighted by molar-refractivity contribution is -0.122. The number of nitrogens with zero attached hydrogens (tertiary/aromatic N) is 1. The SMILES string of the molecule is CCc1cnc(CNC(=O)[C@@H](N)CCSC)s1. The molecule has 1 aromatic heterocycles. The Kier molecular flexibility index (Phi) is 6.54. The molecule has 0 aliphatic rings. The summed E-state index contributed by atoms with van der Waals surface area (Å²) < 4.78 is 0. The fourth-order valence-electron chi connectivity index (χ4n) is 1.26. The summed E-state index contributed by atoms with van der Waals surface area (Å²) in [5, 5.41) is 3.76. The smallest absolute Gasteiger partial charge is 0.237 e. The highest BCUT2D eigenvalue weighted by atomic mass is 32.2. The third-order valence-electron chi connectivity index (χ3n) is 2.33. The second-order valence-corrected chi connectivity index (χ2v) is 5.86. The number of nitrogens with two attached hydrogens (primary N) is 1. The zero-order valence-electron chi connectivity index (χ0n) is 10.2. The van der Waals surface area contributed by atoms with Gasteiger partial charge in [-0.25, -0.2) is 4.98 Å². The van der Waals surface area contributed by atoms with E-state index >= 15 is 0 Å². The average Bonchev–Trinajstić information content (AvgIpc) is 2.80. The van der Waals surface area contributed by atoms with E-state index in [0.29, 0.717) is 13.0 Å². The Morgan fingerprint density at radius 3 is 3.06 bits per heavy atom. The van der Waals surface area contributed by atoms with E-state index in [9.17, 15) is 4.79 Å². The zero-order chi connectivity index (χ0) is 12.7. The van der Waals surface area contributed by atoms with Gasteiger partial charge < -0.3 is 11.1 Å². The number of hydrogen-bond acceptors (Lipinski definition) is 5. The summed E-state index contributed by atoms with van der Waals surface area (Å²) in [6.45, 7) is 2.57. The molecule has 0 radical (unpaired) electrons. The maximum atomic E-state index is 11.6. The molecule has 0 saturated carbocycles. The van der Waals surface area contributed by atoms with Crippen molar-refractivity contribution in [3.8, 4) is 0 Å². The van der Waals surface area contributed by atoms with Crippen molar-refractivity contribution in [1.29, 1.82) is 0 Å². The number of nitrogens with one attached hydrogen (secondary N) is 1. The number of carbonyl (C=O) groups is 1. The molecule has 0 fully saturated rings. The standard InChI is InChI=1S/C11H19N3OS2/c1-3-8-6-13-10(17-8)7-14-11(15)9(12)4-5-16-2/h6,9H,3-5,7,12H2,1-2H3,(H,14,15)/t9-/m0/s1. The summed E-state index contributed by atoms with van der Waals surface area (Å²) >= 11 is 3.33. The van der Waals surface area contributed by atoms with E-state index in [1.165, 1.54) is 4.88 Å². The molecular weight excluding hydrogens is 254 g/mol. The number of aryl methyl sites for hydroxylation is 1. The van der Waals surface area contributed by atoms with Gasteiger partial charge in [0.1, 0.15) is 5.01 Å². The van der Waals surface area contributed by atoms with Gasteiger partial charge in [0.15, 0.2) is 0 Å². The van der Waals surface area contributed by atoms with Crippen molar-refractivity contribution in [2.24, 2.45) is 5.73 Å². The molecule has 0 aliphatic heterocycles. The largest absolute Gasteiger partial charge is 0.348 e. The molecule has 1 aromatic rings. The predicted molar refractivity (Wildman–Crippen MR) is 74.3 cm³/mol. The van der Waals surface area contributed by atoms with Crippen LogP contribution < -0.4 is 11.1 Å². The molecule has 0 unspecified atom stereocenters. The molecule has 0 saturated heterocycles. The number of rotatable bonds is 7. The van der Waals surface area contributed by atoms with Gasteiger partial charge in [0, 0.05) is 11.1 Å². The van der Waals surface area contributed by atoms with Crippen molar-refractivity contribution in [2.45, 2.75) is 32.4 Å². The van der Waals surface area contributed by atoms with Gasteiger partial charge in [-0.15, -0.1) is 11.3 Å². The van der Waals surface area contributed by atoms with E-state index in [-0.39, 0.29) is 5.91 Å². The van der Waals surface area contributed by atoms with Crippen molar-refractivity contribution in [1.82, 2.24) is 10.3 Å². The summed E-state index contributed by atoms with van der Waals surface area (Å²) in [5.74, 6) is 0.818. The molecule has 1 heterocycles. The Morgan fingerprint density at radius 2 is 2.47 bits per heavy atom. The second kappa shape index (κ2) is 7.68. The van der Waals surface area contributed by atoms with E-state index in [0.717, 1.165) is 17.2 Å². The molecule has 1 atom stereocenters. The predicted octanol–water partition coefficient (Wildman–Crippen LogP) is 1.40. The van der Waals surface area contributed by atoms with E-state index < -0.39 is 6.04 Å². The number of aromatic nitrogens is 1. The van der Waals surface area contributed by atoms with Gasteiger partial charge >= 0.3 is 0 Å². The van der Waals surface area contributed by atoms with Crippen LogP contribution in [-0.2, 0) is 17.8 Å². The van der Waals surface area contributed by atoms with Crippen LogP contribution in [0.4, 0.5) is 0 Å². The minimum absolute atomic E-state index is 0.0905. The first kappa shape index (κ1) is 14.5. The van der Waals surface area contributed by atoms with Crippen LogP contribution in [-0.4, -0.2) is 28.9 Å². The van der Waals surface area contributed by atoms with Crippen LogP contribution in [0.3, 0.4) is 0 Å². The summed E-state index contributed by atoms with van der Waals surface area (Å²) in [6.07, 6.45) is 5.57. The molecule has 6 heteroatoms. The molecule has 1 rings (SSSR count). The van der Waals surface area contributed by atoms with Crippen molar-refractivity contribution in [3.05, 3.63) is 16.1 Å². The van der Waals surface area contributed by atoms with Gasteiger partial charge in [-0.1, -0.05) is 6.92 Å². The Balaban J connectivity index is 2.32. The molecule has 0 aromatic carbocycles. The highest BCUT2D eigenvalue weighted by Gasteiger charge is 2.12. The monoisotopic (exact) mass is 273 g/mol. The highest BCUT2D eigenvalue weighted by Crippen LogP contribution is 2.12. The van der Waals surface area contributed by atoms with Crippen LogP contribution in [0.1, 0.15) is 23.2 Å². The Morgan fingerprint density at radius 1 is 1.71 bits per heavy atom. The number of hydrogen-bond donors (Lipinski definition) is 2. The Labute approximate surface area is 110 Å². The third-order valence-corrected chi connectivity index (χ3v) is 4.12. The average molecular weight is 273 g/mol. The summed E-state index contributed by atoms with van der Waals surface area (Å²) in [6, 6.07) is -0.409. The number of thiazole rings is 1. The molecule has 3 N–H and O–H groups in total. The molecule has 17 heavy (non-hydrogen) atoms. The topological polar surface area (TPSA) is 68.0 Å². The van der Waals surface area contributed by atoms with Gasteiger partial charge in [-0.3, -0.25) is 4.79 Å². The van der Waals surface area contributed by atoms with Crippen LogP contribution in [0.5, 0.6) is 0 Å². The quantitative estimate of drug-likeness (QED) is 0.788. The Bertz CT molecular complexity index is 354. The maximum absolute atomic E-state index is 11.6. The van der Waals surface area contributed by atoms with E-state index in [1.54, 1.807) is 23.1 Å². The first-order chi connectivity index (χ1) is 8.17. The second-order valence-electron chi connectivity index (χ2n) is 3.68. The number of thioether (sulfide) groups is 1. The van der Waals surface area contributed by atoms with Crippen molar-refractivity contribution >= 4 is 29.0 Å². The van der Waals surface area contributed by atoms with Gasteiger partial charge in [-0.2, -0.15) is 11.8 Å². The fraction of sp³-hybridized carbons (Fsp3) is 0.636. The van der Waals surface area contributed by atoms with E-state index in [2.05, 4.69) is 17.2 Å². The minimum atomic E-state index is -0.409. The lowest BCUT2D eigenvalue weighted by Crippen LogP contribution is -2.40. The summed E-state index contributed by atoms with van der Waals surface area (Å²) in [5.41, 5.74) is 5.76. The zero-order valence-corrected chi connectivity index (χ0v) is 11.9. The van der Waals surface area contributed by atoms with Crippen molar-refractivity contribution in [2.75, 3.05) is 12.0 Å². The lowest BCUT2D eigenvalue weighted by atomic mass is 10.2. The molecule has 4 nitrogen and oxygen atoms in total. The first-order valence-corrected chi connectivity index (χ1v) is 7.84. The molecular formula is C11H19N3OS2. The highest BCUT2D eigenvalue weighted by molar-refractivity contribution is 7.98. The van der Waals surface area contributed by atoms with Gasteiger partial charge in [-0.05, 0) is 24.9 Å². The molecule has 0 spiro atoms. The van der Waals surface area contributed by atoms with Crippen LogP contribution in [0.25, 0.3) is 0 Å². The third kappa shape index (κ3) is 5.06. The minimum Gasteiger partial charge on any atom is -0.348 e. The Hall–Kier alpha value is -0.590. The van der Waals surface area contributed by atoms with Crippen molar-refractivity contribution < 1.29 is 4.79 Å². The molecule has 0 bridgehead atoms. The van der Waals surface area contributed by atoms with Crippen LogP contribution in [0.2, 0.25) is 0 Å². The number of amides is 1. The van der Waals surface area contributed by atoms with Crippen molar-refractivity contribution in [3.63, 3.8) is 0 Å². The number of carbonyl (C=O) groups excluding carboxylic acids is 1. The summed E-state index contributed by atoms with van der Waals surface area (Å²) in [7, 11) is 0. The lowest BCUT2D eigenvalue weighted by Gasteiger charge is -2.10. The molecule has 0 aliphatic carbocycles. The molecule has 1 amide bonds. The van der Waals surface area contributed by atoms with Crippen LogP contribution in [0.15, 0.2) is 6.20 Å². The first-order valence-electron chi connectivity index (χ1n) is 5.63. The van der Waals surface area contributed by atoms with Crippen LogP contribution >= 0.6 is 23.1 Å². The van der Waals surface area contributed by atoms with Gasteiger partial charge in [0.2, 0.25) is 5.91 Å². The van der Waals surface area contributed by atoms with Gasteiger partial charge in [0.25, 0.3) is 0 Å². The fourth-order valence-corrected chi connectivity index (χ4v) is 2.55. The van der Waals surface area contributed by atoms with E-state index in [1.807, 2.05) is 12.5 Å². The van der Waals surface area contributed by atoms with Crippen LogP contribution in [0, 0.1) is 0 Å². The van der Waals surface area contributed by atoms with Gasteiger partial charge in [0.05, 0.1) is 12.6 Å². The molecule has 96 valence electrons. The maximum Gasteiger partial charge on any atom is 0.237 e. The van der Waals surface area contributed by atoms with E-state index in [4.69, 9.17) is 5.73 Å². The normalized spacial score (nSPS) is 12.4.